The second-order valence-corrected chi connectivity index (χ2v) is 7.94. The first-order valence-corrected chi connectivity index (χ1v) is 8.48. The monoisotopic (exact) mass is 297 g/mol. The van der Waals surface area contributed by atoms with Crippen molar-refractivity contribution in [3.8, 4) is 0 Å². The van der Waals surface area contributed by atoms with E-state index in [0.717, 1.165) is 19.3 Å². The molecule has 0 saturated heterocycles. The van der Waals surface area contributed by atoms with Gasteiger partial charge in [-0.15, -0.1) is 0 Å². The number of benzene rings is 1. The van der Waals surface area contributed by atoms with E-state index in [-0.39, 0.29) is 23.0 Å². The third kappa shape index (κ3) is 2.90. The molecular weight excluding hydrogens is 274 g/mol. The Morgan fingerprint density at radius 3 is 2.65 bits per heavy atom. The summed E-state index contributed by atoms with van der Waals surface area (Å²) in [5.41, 5.74) is 1.27. The molecule has 1 aliphatic carbocycles. The zero-order chi connectivity index (χ0) is 15.0. The lowest BCUT2D eigenvalue weighted by Crippen LogP contribution is -2.41. The zero-order valence-corrected chi connectivity index (χ0v) is 13.1. The second-order valence-electron chi connectivity index (χ2n) is 6.25. The summed E-state index contributed by atoms with van der Waals surface area (Å²) in [7, 11) is -3.54. The van der Waals surface area contributed by atoms with Gasteiger partial charge in [0.2, 0.25) is 10.0 Å². The van der Waals surface area contributed by atoms with Gasteiger partial charge in [0, 0.05) is 6.04 Å². The van der Waals surface area contributed by atoms with Crippen LogP contribution in [0.3, 0.4) is 0 Å². The fraction of sp³-hybridized carbons (Fsp3) is 0.600. The highest BCUT2D eigenvalue weighted by molar-refractivity contribution is 7.89. The van der Waals surface area contributed by atoms with Gasteiger partial charge in [0.15, 0.2) is 0 Å². The molecule has 1 saturated carbocycles. The largest absolute Gasteiger partial charge is 0.392 e. The van der Waals surface area contributed by atoms with Gasteiger partial charge in [-0.05, 0) is 42.4 Å². The minimum absolute atomic E-state index is 0.00440. The molecule has 0 aromatic heterocycles. The third-order valence-corrected chi connectivity index (χ3v) is 6.03. The zero-order valence-electron chi connectivity index (χ0n) is 12.3. The lowest BCUT2D eigenvalue weighted by Gasteiger charge is -2.28. The Bertz CT molecular complexity index is 593. The molecule has 1 atom stereocenters. The molecule has 0 bridgehead atoms. The molecule has 1 unspecified atom stereocenters. The number of aliphatic hydroxyl groups excluding tert-OH is 1. The first-order chi connectivity index (χ1) is 9.28. The van der Waals surface area contributed by atoms with E-state index in [1.807, 2.05) is 0 Å². The number of hydrogen-bond donors (Lipinski definition) is 2. The molecule has 1 aromatic carbocycles. The van der Waals surface area contributed by atoms with Crippen molar-refractivity contribution in [2.24, 2.45) is 5.41 Å². The quantitative estimate of drug-likeness (QED) is 0.896. The van der Waals surface area contributed by atoms with E-state index in [2.05, 4.69) is 18.6 Å². The minimum atomic E-state index is -3.54. The highest BCUT2D eigenvalue weighted by atomic mass is 32.2. The molecule has 0 aliphatic heterocycles. The maximum Gasteiger partial charge on any atom is 0.241 e. The first kappa shape index (κ1) is 15.5. The summed E-state index contributed by atoms with van der Waals surface area (Å²) in [4.78, 5) is 0.270. The predicted molar refractivity (Wildman–Crippen MR) is 78.8 cm³/mol. The van der Waals surface area contributed by atoms with Crippen molar-refractivity contribution < 1.29 is 13.5 Å². The van der Waals surface area contributed by atoms with Crippen LogP contribution in [0.4, 0.5) is 0 Å². The summed E-state index contributed by atoms with van der Waals surface area (Å²) in [5, 5.41) is 9.26. The Balaban J connectivity index is 2.32. The van der Waals surface area contributed by atoms with Crippen LogP contribution in [0.25, 0.3) is 0 Å². The Kier molecular flexibility index (Phi) is 4.23. The Labute approximate surface area is 121 Å². The predicted octanol–water partition coefficient (Wildman–Crippen LogP) is 2.34. The van der Waals surface area contributed by atoms with E-state index in [1.165, 1.54) is 0 Å². The van der Waals surface area contributed by atoms with Gasteiger partial charge < -0.3 is 5.11 Å². The molecule has 112 valence electrons. The number of aliphatic hydroxyl groups is 1. The van der Waals surface area contributed by atoms with Crippen molar-refractivity contribution in [3.63, 3.8) is 0 Å². The smallest absolute Gasteiger partial charge is 0.241 e. The van der Waals surface area contributed by atoms with Gasteiger partial charge in [-0.1, -0.05) is 32.4 Å². The van der Waals surface area contributed by atoms with Gasteiger partial charge in [-0.2, -0.15) is 0 Å². The maximum atomic E-state index is 12.6. The van der Waals surface area contributed by atoms with Gasteiger partial charge in [-0.3, -0.25) is 0 Å². The van der Waals surface area contributed by atoms with Gasteiger partial charge in [0.25, 0.3) is 0 Å². The number of sulfonamides is 1. The Morgan fingerprint density at radius 1 is 1.40 bits per heavy atom. The van der Waals surface area contributed by atoms with Crippen LogP contribution >= 0.6 is 0 Å². The van der Waals surface area contributed by atoms with Crippen LogP contribution in [0.1, 0.15) is 44.2 Å². The Hall–Kier alpha value is -0.910. The van der Waals surface area contributed by atoms with Crippen molar-refractivity contribution in [3.05, 3.63) is 29.3 Å². The average molecular weight is 297 g/mol. The molecular formula is C15H23NO3S. The highest BCUT2D eigenvalue weighted by Crippen LogP contribution is 2.38. The summed E-state index contributed by atoms with van der Waals surface area (Å²) in [6.45, 7) is 5.79. The first-order valence-electron chi connectivity index (χ1n) is 6.99. The van der Waals surface area contributed by atoms with Gasteiger partial charge in [-0.25, -0.2) is 13.1 Å². The van der Waals surface area contributed by atoms with Crippen LogP contribution in [0.2, 0.25) is 0 Å². The van der Waals surface area contributed by atoms with Gasteiger partial charge in [0.1, 0.15) is 0 Å². The number of hydrogen-bond acceptors (Lipinski definition) is 3. The number of nitrogens with one attached hydrogen (secondary N) is 1. The van der Waals surface area contributed by atoms with E-state index in [4.69, 9.17) is 0 Å². The SMILES string of the molecule is Cc1c(CO)cccc1S(=O)(=O)NC1CCCC1(C)C. The van der Waals surface area contributed by atoms with Crippen molar-refractivity contribution >= 4 is 10.0 Å². The Morgan fingerprint density at radius 2 is 2.10 bits per heavy atom. The van der Waals surface area contributed by atoms with Gasteiger partial charge in [0.05, 0.1) is 11.5 Å². The average Bonchev–Trinajstić information content (AvgIpc) is 2.68. The van der Waals surface area contributed by atoms with Crippen LogP contribution in [-0.4, -0.2) is 19.6 Å². The van der Waals surface area contributed by atoms with Crippen molar-refractivity contribution in [1.82, 2.24) is 4.72 Å². The normalized spacial score (nSPS) is 22.1. The molecule has 1 fully saturated rings. The molecule has 1 aromatic rings. The summed E-state index contributed by atoms with van der Waals surface area (Å²) >= 11 is 0. The van der Waals surface area contributed by atoms with Crippen molar-refractivity contribution in [1.29, 1.82) is 0 Å². The molecule has 0 spiro atoms. The number of rotatable bonds is 4. The lowest BCUT2D eigenvalue weighted by molar-refractivity contribution is 0.280. The van der Waals surface area contributed by atoms with Crippen LogP contribution < -0.4 is 4.72 Å². The second kappa shape index (κ2) is 5.47. The summed E-state index contributed by atoms with van der Waals surface area (Å²) in [6, 6.07) is 4.99. The molecule has 4 nitrogen and oxygen atoms in total. The molecule has 0 radical (unpaired) electrons. The van der Waals surface area contributed by atoms with Gasteiger partial charge >= 0.3 is 0 Å². The van der Waals surface area contributed by atoms with E-state index in [0.29, 0.717) is 11.1 Å². The van der Waals surface area contributed by atoms with Crippen molar-refractivity contribution in [2.45, 2.75) is 57.6 Å². The minimum Gasteiger partial charge on any atom is -0.392 e. The van der Waals surface area contributed by atoms with Crippen LogP contribution in [0.5, 0.6) is 0 Å². The molecule has 2 N–H and O–H groups in total. The standard InChI is InChI=1S/C15H23NO3S/c1-11-12(10-17)6-4-7-13(11)20(18,19)16-14-8-5-9-15(14,2)3/h4,6-7,14,16-17H,5,8-10H2,1-3H3. The molecule has 2 rings (SSSR count). The summed E-state index contributed by atoms with van der Waals surface area (Å²) in [6.07, 6.45) is 2.97. The summed E-state index contributed by atoms with van der Waals surface area (Å²) in [5.74, 6) is 0. The topological polar surface area (TPSA) is 66.4 Å². The van der Waals surface area contributed by atoms with E-state index in [1.54, 1.807) is 25.1 Å². The summed E-state index contributed by atoms with van der Waals surface area (Å²) < 4.78 is 28.0. The lowest BCUT2D eigenvalue weighted by atomic mass is 9.88. The molecule has 1 aliphatic rings. The highest BCUT2D eigenvalue weighted by Gasteiger charge is 2.37. The van der Waals surface area contributed by atoms with Crippen LogP contribution in [0, 0.1) is 12.3 Å². The van der Waals surface area contributed by atoms with Crippen LogP contribution in [0.15, 0.2) is 23.1 Å². The van der Waals surface area contributed by atoms with Crippen molar-refractivity contribution in [2.75, 3.05) is 0 Å². The van der Waals surface area contributed by atoms with E-state index >= 15 is 0 Å². The molecule has 0 heterocycles. The molecule has 0 amide bonds. The fourth-order valence-corrected chi connectivity index (χ4v) is 4.65. The van der Waals surface area contributed by atoms with E-state index < -0.39 is 10.0 Å². The van der Waals surface area contributed by atoms with E-state index in [9.17, 15) is 13.5 Å². The molecule has 5 heteroatoms. The fourth-order valence-electron chi connectivity index (χ4n) is 2.92. The maximum absolute atomic E-state index is 12.6. The third-order valence-electron chi connectivity index (χ3n) is 4.41. The van der Waals surface area contributed by atoms with Crippen LogP contribution in [-0.2, 0) is 16.6 Å². The molecule has 20 heavy (non-hydrogen) atoms.